The van der Waals surface area contributed by atoms with E-state index in [1.165, 1.54) is 6.42 Å². The number of nitrogens with zero attached hydrogens (tertiary/aromatic N) is 2. The summed E-state index contributed by atoms with van der Waals surface area (Å²) in [6, 6.07) is 7.66. The van der Waals surface area contributed by atoms with Crippen LogP contribution in [0.5, 0.6) is 5.75 Å². The van der Waals surface area contributed by atoms with Crippen molar-refractivity contribution in [3.8, 4) is 5.75 Å². The number of para-hydroxylation sites is 2. The van der Waals surface area contributed by atoms with Crippen molar-refractivity contribution in [2.45, 2.75) is 63.8 Å². The van der Waals surface area contributed by atoms with Gasteiger partial charge in [0.25, 0.3) is 0 Å². The zero-order valence-corrected chi connectivity index (χ0v) is 18.2. The number of anilines is 1. The minimum absolute atomic E-state index is 0.0203. The Kier molecular flexibility index (Phi) is 7.10. The van der Waals surface area contributed by atoms with E-state index in [9.17, 15) is 14.4 Å². The van der Waals surface area contributed by atoms with Crippen molar-refractivity contribution in [1.29, 1.82) is 0 Å². The summed E-state index contributed by atoms with van der Waals surface area (Å²) in [5.41, 5.74) is 0.778. The number of hydrogen-bond acceptors (Lipinski definition) is 4. The average molecular weight is 428 g/mol. The molecule has 2 heterocycles. The monoisotopic (exact) mass is 427 g/mol. The van der Waals surface area contributed by atoms with Crippen molar-refractivity contribution in [3.05, 3.63) is 24.3 Å². The van der Waals surface area contributed by atoms with E-state index in [1.54, 1.807) is 4.90 Å². The molecule has 3 amide bonds. The van der Waals surface area contributed by atoms with Crippen LogP contribution < -0.4 is 15.0 Å². The lowest BCUT2D eigenvalue weighted by atomic mass is 9.88. The predicted molar refractivity (Wildman–Crippen MR) is 118 cm³/mol. The van der Waals surface area contributed by atoms with E-state index in [-0.39, 0.29) is 42.5 Å². The fourth-order valence-corrected chi connectivity index (χ4v) is 4.89. The number of nitrogens with one attached hydrogen (secondary N) is 1. The van der Waals surface area contributed by atoms with Gasteiger partial charge in [0.2, 0.25) is 17.7 Å². The van der Waals surface area contributed by atoms with Crippen LogP contribution in [0.4, 0.5) is 5.69 Å². The summed E-state index contributed by atoms with van der Waals surface area (Å²) in [5.74, 6) is 1.06. The molecule has 4 rings (SSSR count). The molecule has 7 heteroatoms. The number of hydrogen-bond donors (Lipinski definition) is 1. The van der Waals surface area contributed by atoms with Gasteiger partial charge in [0, 0.05) is 37.9 Å². The SMILES string of the molecule is O=C(NC1CCN(C(=O)CCC(=O)N2CCOc3ccccc32)CC1)C1CCCCC1. The number of ether oxygens (including phenoxy) is 1. The lowest BCUT2D eigenvalue weighted by molar-refractivity contribution is -0.134. The maximum atomic E-state index is 12.7. The van der Waals surface area contributed by atoms with Gasteiger partial charge in [-0.25, -0.2) is 0 Å². The molecule has 1 aromatic rings. The Bertz CT molecular complexity index is 798. The van der Waals surface area contributed by atoms with Crippen LogP contribution in [0.25, 0.3) is 0 Å². The van der Waals surface area contributed by atoms with Gasteiger partial charge in [0.15, 0.2) is 0 Å². The summed E-state index contributed by atoms with van der Waals surface area (Å²) in [7, 11) is 0. The van der Waals surface area contributed by atoms with Crippen LogP contribution in [0.1, 0.15) is 57.8 Å². The molecule has 1 saturated carbocycles. The summed E-state index contributed by atoms with van der Waals surface area (Å²) in [5, 5.41) is 3.20. The topological polar surface area (TPSA) is 79.0 Å². The molecule has 0 radical (unpaired) electrons. The van der Waals surface area contributed by atoms with Crippen LogP contribution in [-0.4, -0.2) is 54.9 Å². The van der Waals surface area contributed by atoms with Crippen molar-refractivity contribution in [2.24, 2.45) is 5.92 Å². The first-order valence-electron chi connectivity index (χ1n) is 11.7. The van der Waals surface area contributed by atoms with Gasteiger partial charge in [-0.2, -0.15) is 0 Å². The first-order chi connectivity index (χ1) is 15.1. The fraction of sp³-hybridized carbons (Fsp3) is 0.625. The second kappa shape index (κ2) is 10.2. The third-order valence-electron chi connectivity index (χ3n) is 6.75. The van der Waals surface area contributed by atoms with Crippen LogP contribution in [0.15, 0.2) is 24.3 Å². The quantitative estimate of drug-likeness (QED) is 0.784. The largest absolute Gasteiger partial charge is 0.490 e. The van der Waals surface area contributed by atoms with Crippen molar-refractivity contribution in [2.75, 3.05) is 31.1 Å². The maximum absolute atomic E-state index is 12.7. The summed E-state index contributed by atoms with van der Waals surface area (Å²) in [4.78, 5) is 41.4. The Morgan fingerprint density at radius 2 is 1.61 bits per heavy atom. The Balaban J connectivity index is 1.20. The van der Waals surface area contributed by atoms with Crippen LogP contribution in [0.2, 0.25) is 0 Å². The number of fused-ring (bicyclic) bond motifs is 1. The number of piperidine rings is 1. The number of amides is 3. The first kappa shape index (κ1) is 21.7. The molecule has 1 N–H and O–H groups in total. The Morgan fingerprint density at radius 1 is 0.903 bits per heavy atom. The highest BCUT2D eigenvalue weighted by atomic mass is 16.5. The third-order valence-corrected chi connectivity index (χ3v) is 6.75. The zero-order valence-electron chi connectivity index (χ0n) is 18.2. The Morgan fingerprint density at radius 3 is 2.39 bits per heavy atom. The normalized spacial score (nSPS) is 20.0. The molecular weight excluding hydrogens is 394 g/mol. The molecule has 1 saturated heterocycles. The molecule has 168 valence electrons. The molecule has 0 aromatic heterocycles. The highest BCUT2D eigenvalue weighted by molar-refractivity contribution is 5.97. The molecule has 2 fully saturated rings. The summed E-state index contributed by atoms with van der Waals surface area (Å²) in [6.07, 6.45) is 7.55. The zero-order chi connectivity index (χ0) is 21.6. The molecule has 0 spiro atoms. The van der Waals surface area contributed by atoms with Gasteiger partial charge in [0.05, 0.1) is 12.2 Å². The van der Waals surface area contributed by atoms with E-state index in [0.717, 1.165) is 44.2 Å². The van der Waals surface area contributed by atoms with Crippen LogP contribution in [0.3, 0.4) is 0 Å². The standard InChI is InChI=1S/C24H33N3O4/c28-22(10-11-23(29)27-16-17-31-21-9-5-4-8-20(21)27)26-14-12-19(13-15-26)25-24(30)18-6-2-1-3-7-18/h4-5,8-9,18-19H,1-3,6-7,10-17H2,(H,25,30). The van der Waals surface area contributed by atoms with Crippen LogP contribution in [0, 0.1) is 5.92 Å². The third kappa shape index (κ3) is 5.38. The highest BCUT2D eigenvalue weighted by Gasteiger charge is 2.28. The molecule has 1 aliphatic carbocycles. The van der Waals surface area contributed by atoms with Gasteiger partial charge in [-0.15, -0.1) is 0 Å². The summed E-state index contributed by atoms with van der Waals surface area (Å²) >= 11 is 0. The molecule has 0 bridgehead atoms. The molecule has 0 atom stereocenters. The Hall–Kier alpha value is -2.57. The lowest BCUT2D eigenvalue weighted by Crippen LogP contribution is -2.48. The second-order valence-electron chi connectivity index (χ2n) is 8.86. The molecule has 7 nitrogen and oxygen atoms in total. The number of carbonyl (C=O) groups is 3. The lowest BCUT2D eigenvalue weighted by Gasteiger charge is -2.34. The van der Waals surface area contributed by atoms with Crippen molar-refractivity contribution < 1.29 is 19.1 Å². The number of benzene rings is 1. The van der Waals surface area contributed by atoms with E-state index >= 15 is 0 Å². The van der Waals surface area contributed by atoms with E-state index in [1.807, 2.05) is 29.2 Å². The first-order valence-corrected chi connectivity index (χ1v) is 11.7. The summed E-state index contributed by atoms with van der Waals surface area (Å²) < 4.78 is 5.60. The van der Waals surface area contributed by atoms with Crippen molar-refractivity contribution in [3.63, 3.8) is 0 Å². The van der Waals surface area contributed by atoms with Crippen molar-refractivity contribution in [1.82, 2.24) is 10.2 Å². The van der Waals surface area contributed by atoms with Gasteiger partial charge in [-0.05, 0) is 37.8 Å². The Labute approximate surface area is 184 Å². The van der Waals surface area contributed by atoms with E-state index < -0.39 is 0 Å². The minimum atomic E-state index is -0.0428. The molecule has 3 aliphatic rings. The maximum Gasteiger partial charge on any atom is 0.227 e. The van der Waals surface area contributed by atoms with Gasteiger partial charge in [-0.1, -0.05) is 31.4 Å². The molecule has 1 aromatic carbocycles. The second-order valence-corrected chi connectivity index (χ2v) is 8.86. The minimum Gasteiger partial charge on any atom is -0.490 e. The van der Waals surface area contributed by atoms with E-state index in [0.29, 0.717) is 32.0 Å². The molecule has 0 unspecified atom stereocenters. The number of rotatable bonds is 5. The fourth-order valence-electron chi connectivity index (χ4n) is 4.89. The van der Waals surface area contributed by atoms with Crippen molar-refractivity contribution >= 4 is 23.4 Å². The smallest absolute Gasteiger partial charge is 0.227 e. The highest BCUT2D eigenvalue weighted by Crippen LogP contribution is 2.31. The van der Waals surface area contributed by atoms with E-state index in [2.05, 4.69) is 5.32 Å². The van der Waals surface area contributed by atoms with Gasteiger partial charge in [0.1, 0.15) is 12.4 Å². The van der Waals surface area contributed by atoms with Crippen LogP contribution >= 0.6 is 0 Å². The van der Waals surface area contributed by atoms with Gasteiger partial charge in [-0.3, -0.25) is 14.4 Å². The molecule has 31 heavy (non-hydrogen) atoms. The molecular formula is C24H33N3O4. The number of carbonyl (C=O) groups excluding carboxylic acids is 3. The van der Waals surface area contributed by atoms with E-state index in [4.69, 9.17) is 4.74 Å². The number of likely N-dealkylation sites (tertiary alicyclic amines) is 1. The van der Waals surface area contributed by atoms with Gasteiger partial charge < -0.3 is 19.9 Å². The molecule has 2 aliphatic heterocycles. The summed E-state index contributed by atoms with van der Waals surface area (Å²) in [6.45, 7) is 2.26. The average Bonchev–Trinajstić information content (AvgIpc) is 2.83. The van der Waals surface area contributed by atoms with Gasteiger partial charge >= 0.3 is 0 Å². The predicted octanol–water partition coefficient (Wildman–Crippen LogP) is 2.88. The van der Waals surface area contributed by atoms with Crippen LogP contribution in [-0.2, 0) is 14.4 Å².